The smallest absolute Gasteiger partial charge is 0.252 e. The summed E-state index contributed by atoms with van der Waals surface area (Å²) in [5.41, 5.74) is -0.125. The van der Waals surface area contributed by atoms with E-state index in [0.717, 1.165) is 22.5 Å². The molecule has 0 unspecified atom stereocenters. The molecule has 6 nitrogen and oxygen atoms in total. The van der Waals surface area contributed by atoms with Gasteiger partial charge in [-0.3, -0.25) is 9.78 Å². The maximum absolute atomic E-state index is 12.5. The average Bonchev–Trinajstić information content (AvgIpc) is 3.04. The molecule has 2 rings (SSSR count). The van der Waals surface area contributed by atoms with Crippen molar-refractivity contribution in [3.8, 4) is 0 Å². The summed E-state index contributed by atoms with van der Waals surface area (Å²) in [6.07, 6.45) is 7.05. The zero-order valence-electron chi connectivity index (χ0n) is 13.2. The Morgan fingerprint density at radius 2 is 1.87 bits per heavy atom. The maximum Gasteiger partial charge on any atom is 0.252 e. The van der Waals surface area contributed by atoms with E-state index >= 15 is 0 Å². The Morgan fingerprint density at radius 1 is 1.26 bits per heavy atom. The van der Waals surface area contributed by atoms with Crippen molar-refractivity contribution in [1.29, 1.82) is 0 Å². The quantitative estimate of drug-likeness (QED) is 0.861. The van der Waals surface area contributed by atoms with Gasteiger partial charge in [-0.15, -0.1) is 11.3 Å². The number of amides is 1. The standard InChI is InChI=1S/C15H19N3O3S2/c1-4-15(5-2,12-10-17-14(22-12)23(3,20)21)18-13(19)11-6-8-16-9-7-11/h6-10H,4-5H2,1-3H3,(H,18,19). The lowest BCUT2D eigenvalue weighted by molar-refractivity contribution is 0.0891. The Labute approximate surface area is 139 Å². The Balaban J connectivity index is 2.36. The van der Waals surface area contributed by atoms with Crippen LogP contribution in [0.1, 0.15) is 41.9 Å². The van der Waals surface area contributed by atoms with Crippen LogP contribution in [0.25, 0.3) is 0 Å². The highest BCUT2D eigenvalue weighted by Gasteiger charge is 2.33. The van der Waals surface area contributed by atoms with E-state index in [2.05, 4.69) is 15.3 Å². The number of aromatic nitrogens is 2. The summed E-state index contributed by atoms with van der Waals surface area (Å²) in [5.74, 6) is -0.217. The lowest BCUT2D eigenvalue weighted by atomic mass is 9.91. The zero-order chi connectivity index (χ0) is 17.1. The van der Waals surface area contributed by atoms with Crippen LogP contribution in [0.5, 0.6) is 0 Å². The highest BCUT2D eigenvalue weighted by Crippen LogP contribution is 2.34. The number of carbonyl (C=O) groups excluding carboxylic acids is 1. The molecule has 0 atom stereocenters. The largest absolute Gasteiger partial charge is 0.342 e. The molecule has 0 saturated heterocycles. The first-order valence-corrected chi connectivity index (χ1v) is 9.92. The van der Waals surface area contributed by atoms with Crippen LogP contribution in [0.3, 0.4) is 0 Å². The van der Waals surface area contributed by atoms with Gasteiger partial charge in [0.25, 0.3) is 5.91 Å². The number of rotatable bonds is 6. The Morgan fingerprint density at radius 3 is 2.35 bits per heavy atom. The molecule has 8 heteroatoms. The lowest BCUT2D eigenvalue weighted by Crippen LogP contribution is -2.44. The van der Waals surface area contributed by atoms with E-state index in [1.165, 1.54) is 0 Å². The van der Waals surface area contributed by atoms with E-state index in [0.29, 0.717) is 18.4 Å². The van der Waals surface area contributed by atoms with E-state index < -0.39 is 15.4 Å². The van der Waals surface area contributed by atoms with Gasteiger partial charge in [-0.05, 0) is 25.0 Å². The van der Waals surface area contributed by atoms with Gasteiger partial charge in [-0.25, -0.2) is 13.4 Å². The average molecular weight is 353 g/mol. The van der Waals surface area contributed by atoms with E-state index in [1.54, 1.807) is 30.7 Å². The van der Waals surface area contributed by atoms with Crippen LogP contribution in [0.2, 0.25) is 0 Å². The fraction of sp³-hybridized carbons (Fsp3) is 0.400. The molecule has 2 heterocycles. The van der Waals surface area contributed by atoms with Gasteiger partial charge in [0, 0.05) is 30.4 Å². The van der Waals surface area contributed by atoms with Gasteiger partial charge in [-0.1, -0.05) is 13.8 Å². The van der Waals surface area contributed by atoms with Crippen molar-refractivity contribution in [2.75, 3.05) is 6.26 Å². The summed E-state index contributed by atoms with van der Waals surface area (Å²) in [6.45, 7) is 3.91. The van der Waals surface area contributed by atoms with Crippen molar-refractivity contribution in [3.05, 3.63) is 41.2 Å². The van der Waals surface area contributed by atoms with Gasteiger partial charge in [-0.2, -0.15) is 0 Å². The van der Waals surface area contributed by atoms with Crippen LogP contribution in [-0.4, -0.2) is 30.5 Å². The second-order valence-electron chi connectivity index (χ2n) is 5.24. The highest BCUT2D eigenvalue weighted by atomic mass is 32.2. The third-order valence-electron chi connectivity index (χ3n) is 3.78. The minimum atomic E-state index is -3.35. The second kappa shape index (κ2) is 6.76. The van der Waals surface area contributed by atoms with Crippen molar-refractivity contribution in [2.24, 2.45) is 0 Å². The normalized spacial score (nSPS) is 12.1. The molecule has 124 valence electrons. The summed E-state index contributed by atoms with van der Waals surface area (Å²) in [5, 5.41) is 3.04. The Hall–Kier alpha value is -1.80. The van der Waals surface area contributed by atoms with Crippen LogP contribution in [0.15, 0.2) is 35.1 Å². The molecule has 2 aromatic rings. The first-order chi connectivity index (χ1) is 10.8. The third-order valence-corrected chi connectivity index (χ3v) is 6.67. The molecule has 0 aliphatic carbocycles. The molecule has 0 saturated carbocycles. The minimum absolute atomic E-state index is 0.0666. The van der Waals surface area contributed by atoms with Gasteiger partial charge in [0.05, 0.1) is 10.4 Å². The number of hydrogen-bond acceptors (Lipinski definition) is 6. The predicted octanol–water partition coefficient (Wildman–Crippen LogP) is 2.39. The summed E-state index contributed by atoms with van der Waals surface area (Å²) < 4.78 is 23.4. The summed E-state index contributed by atoms with van der Waals surface area (Å²) >= 11 is 1.11. The SMILES string of the molecule is CCC(CC)(NC(=O)c1ccncc1)c1cnc(S(C)(=O)=O)s1. The molecule has 1 N–H and O–H groups in total. The molecule has 0 fully saturated rings. The number of sulfone groups is 1. The first kappa shape index (κ1) is 17.6. The van der Waals surface area contributed by atoms with Crippen LogP contribution >= 0.6 is 11.3 Å². The monoisotopic (exact) mass is 353 g/mol. The van der Waals surface area contributed by atoms with E-state index in [1.807, 2.05) is 13.8 Å². The number of nitrogens with zero attached hydrogens (tertiary/aromatic N) is 2. The van der Waals surface area contributed by atoms with Gasteiger partial charge in [0.1, 0.15) is 0 Å². The minimum Gasteiger partial charge on any atom is -0.342 e. The van der Waals surface area contributed by atoms with Crippen LogP contribution in [0, 0.1) is 0 Å². The van der Waals surface area contributed by atoms with Crippen LogP contribution in [-0.2, 0) is 15.4 Å². The van der Waals surface area contributed by atoms with Crippen molar-refractivity contribution >= 4 is 27.1 Å². The number of thiazole rings is 1. The molecule has 0 spiro atoms. The van der Waals surface area contributed by atoms with Crippen molar-refractivity contribution < 1.29 is 13.2 Å². The van der Waals surface area contributed by atoms with E-state index in [-0.39, 0.29) is 10.2 Å². The molecular weight excluding hydrogens is 334 g/mol. The number of nitrogens with one attached hydrogen (secondary N) is 1. The molecule has 0 radical (unpaired) electrons. The first-order valence-electron chi connectivity index (χ1n) is 7.21. The van der Waals surface area contributed by atoms with Crippen molar-refractivity contribution in [2.45, 2.75) is 36.6 Å². The third kappa shape index (κ3) is 3.76. The molecule has 0 aromatic carbocycles. The van der Waals surface area contributed by atoms with Crippen molar-refractivity contribution in [3.63, 3.8) is 0 Å². The Bertz CT molecular complexity index is 781. The van der Waals surface area contributed by atoms with Gasteiger partial charge < -0.3 is 5.32 Å². The molecule has 1 amide bonds. The van der Waals surface area contributed by atoms with Crippen LogP contribution in [0.4, 0.5) is 0 Å². The fourth-order valence-corrected chi connectivity index (χ4v) is 4.33. The summed E-state index contributed by atoms with van der Waals surface area (Å²) in [6, 6.07) is 3.28. The number of hydrogen-bond donors (Lipinski definition) is 1. The van der Waals surface area contributed by atoms with Gasteiger partial charge >= 0.3 is 0 Å². The number of pyridine rings is 1. The van der Waals surface area contributed by atoms with Crippen molar-refractivity contribution in [1.82, 2.24) is 15.3 Å². The zero-order valence-corrected chi connectivity index (χ0v) is 14.9. The maximum atomic E-state index is 12.5. The van der Waals surface area contributed by atoms with E-state index in [9.17, 15) is 13.2 Å². The lowest BCUT2D eigenvalue weighted by Gasteiger charge is -2.31. The van der Waals surface area contributed by atoms with Gasteiger partial charge in [0.2, 0.25) is 14.2 Å². The molecule has 0 bridgehead atoms. The molecule has 23 heavy (non-hydrogen) atoms. The molecule has 2 aromatic heterocycles. The van der Waals surface area contributed by atoms with Gasteiger partial charge in [0.15, 0.2) is 0 Å². The second-order valence-corrected chi connectivity index (χ2v) is 8.46. The Kier molecular flexibility index (Phi) is 5.16. The van der Waals surface area contributed by atoms with Crippen LogP contribution < -0.4 is 5.32 Å². The summed E-state index contributed by atoms with van der Waals surface area (Å²) in [4.78, 5) is 21.1. The highest BCUT2D eigenvalue weighted by molar-refractivity contribution is 7.92. The molecule has 0 aliphatic rings. The predicted molar refractivity (Wildman–Crippen MR) is 89.2 cm³/mol. The number of carbonyl (C=O) groups is 1. The molecule has 0 aliphatic heterocycles. The topological polar surface area (TPSA) is 89.0 Å². The fourth-order valence-electron chi connectivity index (χ4n) is 2.28. The summed E-state index contributed by atoms with van der Waals surface area (Å²) in [7, 11) is -3.35. The van der Waals surface area contributed by atoms with E-state index in [4.69, 9.17) is 0 Å². The molecular formula is C15H19N3O3S2.